The summed E-state index contributed by atoms with van der Waals surface area (Å²) in [6.45, 7) is 3.43. The smallest absolute Gasteiger partial charge is 0.250 e. The number of likely N-dealkylation sites (tertiary alicyclic amines) is 1. The van der Waals surface area contributed by atoms with E-state index in [-0.39, 0.29) is 5.56 Å². The lowest BCUT2D eigenvalue weighted by Crippen LogP contribution is -2.46. The van der Waals surface area contributed by atoms with E-state index in [0.717, 1.165) is 37.6 Å². The van der Waals surface area contributed by atoms with Crippen LogP contribution in [0.4, 0.5) is 0 Å². The maximum Gasteiger partial charge on any atom is 0.250 e. The van der Waals surface area contributed by atoms with Gasteiger partial charge in [0.2, 0.25) is 0 Å². The Balaban J connectivity index is 1.40. The summed E-state index contributed by atoms with van der Waals surface area (Å²) in [7, 11) is 0. The van der Waals surface area contributed by atoms with Crippen molar-refractivity contribution in [1.82, 2.24) is 29.7 Å². The largest absolute Gasteiger partial charge is 0.312 e. The molecule has 2 aliphatic rings. The van der Waals surface area contributed by atoms with E-state index in [4.69, 9.17) is 0 Å². The number of para-hydroxylation sites is 1. The van der Waals surface area contributed by atoms with Gasteiger partial charge in [-0.25, -0.2) is 0 Å². The molecule has 1 fully saturated rings. The van der Waals surface area contributed by atoms with Crippen LogP contribution in [0.5, 0.6) is 0 Å². The Morgan fingerprint density at radius 2 is 1.88 bits per heavy atom. The van der Waals surface area contributed by atoms with Gasteiger partial charge in [0.1, 0.15) is 0 Å². The fraction of sp³-hybridized carbons (Fsp3) is 0.368. The zero-order chi connectivity index (χ0) is 17.5. The molecule has 0 N–H and O–H groups in total. The monoisotopic (exact) mass is 348 g/mol. The molecule has 0 spiro atoms. The first-order chi connectivity index (χ1) is 12.8. The quantitative estimate of drug-likeness (QED) is 0.716. The lowest BCUT2D eigenvalue weighted by atomic mass is 9.83. The third-order valence-corrected chi connectivity index (χ3v) is 5.46. The number of tetrazole rings is 1. The maximum atomic E-state index is 12.2. The van der Waals surface area contributed by atoms with Crippen molar-refractivity contribution >= 4 is 0 Å². The van der Waals surface area contributed by atoms with Crippen molar-refractivity contribution in [2.45, 2.75) is 25.4 Å². The summed E-state index contributed by atoms with van der Waals surface area (Å²) < 4.78 is 3.77. The van der Waals surface area contributed by atoms with Crippen LogP contribution in [0.15, 0.2) is 53.3 Å². The highest BCUT2D eigenvalue weighted by Gasteiger charge is 2.34. The molecule has 0 unspecified atom stereocenters. The molecule has 26 heavy (non-hydrogen) atoms. The molecular formula is C19H20N6O. The van der Waals surface area contributed by atoms with Crippen molar-refractivity contribution in [3.63, 3.8) is 0 Å². The maximum absolute atomic E-state index is 12.2. The van der Waals surface area contributed by atoms with Crippen LogP contribution in [-0.2, 0) is 13.1 Å². The molecule has 2 bridgehead atoms. The predicted octanol–water partition coefficient (Wildman–Crippen LogP) is 1.44. The molecule has 7 heteroatoms. The second kappa shape index (κ2) is 6.17. The molecule has 0 aliphatic carbocycles. The summed E-state index contributed by atoms with van der Waals surface area (Å²) in [6, 6.07) is 15.6. The second-order valence-corrected chi connectivity index (χ2v) is 7.23. The minimum absolute atomic E-state index is 0.124. The number of pyridine rings is 1. The van der Waals surface area contributed by atoms with Crippen LogP contribution in [0.3, 0.4) is 0 Å². The molecule has 0 saturated carbocycles. The number of benzene rings is 1. The Hall–Kier alpha value is -2.80. The van der Waals surface area contributed by atoms with Gasteiger partial charge in [0.05, 0.1) is 12.2 Å². The van der Waals surface area contributed by atoms with Gasteiger partial charge in [0.25, 0.3) is 5.56 Å². The highest BCUT2D eigenvalue weighted by molar-refractivity contribution is 5.30. The Bertz CT molecular complexity index is 979. The van der Waals surface area contributed by atoms with E-state index in [0.29, 0.717) is 18.4 Å². The third kappa shape index (κ3) is 2.64. The van der Waals surface area contributed by atoms with Crippen LogP contribution in [0, 0.1) is 5.92 Å². The minimum Gasteiger partial charge on any atom is -0.312 e. The van der Waals surface area contributed by atoms with Crippen molar-refractivity contribution < 1.29 is 0 Å². The molecule has 1 saturated heterocycles. The van der Waals surface area contributed by atoms with Crippen LogP contribution in [-0.4, -0.2) is 42.8 Å². The summed E-state index contributed by atoms with van der Waals surface area (Å²) in [6.07, 6.45) is 1.16. The lowest BCUT2D eigenvalue weighted by molar-refractivity contribution is 0.111. The fourth-order valence-electron chi connectivity index (χ4n) is 4.40. The lowest BCUT2D eigenvalue weighted by Gasteiger charge is -2.42. The Labute approximate surface area is 150 Å². The van der Waals surface area contributed by atoms with E-state index >= 15 is 0 Å². The molecular weight excluding hydrogens is 328 g/mol. The van der Waals surface area contributed by atoms with Gasteiger partial charge in [-0.3, -0.25) is 9.69 Å². The Kier molecular flexibility index (Phi) is 3.67. The van der Waals surface area contributed by atoms with Gasteiger partial charge in [-0.05, 0) is 41.0 Å². The number of hydrogen-bond donors (Lipinski definition) is 0. The molecule has 0 amide bonds. The molecule has 132 valence electrons. The molecule has 2 atom stereocenters. The van der Waals surface area contributed by atoms with Gasteiger partial charge in [-0.15, -0.1) is 5.10 Å². The highest BCUT2D eigenvalue weighted by Crippen LogP contribution is 2.35. The molecule has 2 aliphatic heterocycles. The Morgan fingerprint density at radius 1 is 1.00 bits per heavy atom. The Morgan fingerprint density at radius 3 is 2.77 bits per heavy atom. The molecule has 1 aromatic carbocycles. The molecule has 7 nitrogen and oxygen atoms in total. The van der Waals surface area contributed by atoms with E-state index in [1.807, 2.05) is 45.6 Å². The van der Waals surface area contributed by atoms with Crippen LogP contribution in [0.2, 0.25) is 0 Å². The van der Waals surface area contributed by atoms with E-state index < -0.39 is 0 Å². The summed E-state index contributed by atoms with van der Waals surface area (Å²) in [5.41, 5.74) is 2.27. The highest BCUT2D eigenvalue weighted by atomic mass is 16.1. The summed E-state index contributed by atoms with van der Waals surface area (Å²) >= 11 is 0. The number of aromatic nitrogens is 5. The SMILES string of the molecule is O=c1cccc2n1C[C@H]1C[C@H]2CN(Cc2nnnn2-c2ccccc2)C1. The first kappa shape index (κ1) is 15.5. The first-order valence-electron chi connectivity index (χ1n) is 9.03. The average molecular weight is 348 g/mol. The summed E-state index contributed by atoms with van der Waals surface area (Å²) in [4.78, 5) is 14.6. The zero-order valence-corrected chi connectivity index (χ0v) is 14.4. The van der Waals surface area contributed by atoms with Crippen molar-refractivity contribution in [1.29, 1.82) is 0 Å². The molecule has 2 aromatic heterocycles. The standard InChI is InChI=1S/C19H20N6O/c26-19-8-4-7-17-15-9-14(11-24(17)19)10-23(12-15)13-18-20-21-22-25(18)16-5-2-1-3-6-16/h1-8,14-15H,9-13H2/t14-,15-/m0/s1. The van der Waals surface area contributed by atoms with Crippen molar-refractivity contribution in [3.05, 3.63) is 70.4 Å². The molecule has 5 rings (SSSR count). The fourth-order valence-corrected chi connectivity index (χ4v) is 4.40. The van der Waals surface area contributed by atoms with Crippen molar-refractivity contribution in [2.24, 2.45) is 5.92 Å². The average Bonchev–Trinajstić information content (AvgIpc) is 3.11. The number of hydrogen-bond acceptors (Lipinski definition) is 5. The number of piperidine rings is 1. The van der Waals surface area contributed by atoms with Crippen LogP contribution < -0.4 is 5.56 Å². The van der Waals surface area contributed by atoms with Gasteiger partial charge < -0.3 is 4.57 Å². The molecule has 0 radical (unpaired) electrons. The van der Waals surface area contributed by atoms with E-state index in [9.17, 15) is 4.79 Å². The number of rotatable bonds is 3. The van der Waals surface area contributed by atoms with Crippen LogP contribution in [0.1, 0.15) is 23.9 Å². The van der Waals surface area contributed by atoms with Crippen molar-refractivity contribution in [3.8, 4) is 5.69 Å². The minimum atomic E-state index is 0.124. The van der Waals surface area contributed by atoms with Crippen LogP contribution >= 0.6 is 0 Å². The topological polar surface area (TPSA) is 68.8 Å². The molecule has 3 aromatic rings. The molecule has 4 heterocycles. The zero-order valence-electron chi connectivity index (χ0n) is 14.4. The van der Waals surface area contributed by atoms with Crippen molar-refractivity contribution in [2.75, 3.05) is 13.1 Å². The number of nitrogens with zero attached hydrogens (tertiary/aromatic N) is 6. The second-order valence-electron chi connectivity index (χ2n) is 7.23. The predicted molar refractivity (Wildman–Crippen MR) is 96.0 cm³/mol. The van der Waals surface area contributed by atoms with Gasteiger partial charge in [0.15, 0.2) is 5.82 Å². The van der Waals surface area contributed by atoms with E-state index in [2.05, 4.69) is 26.5 Å². The third-order valence-electron chi connectivity index (χ3n) is 5.46. The van der Waals surface area contributed by atoms with Gasteiger partial charge >= 0.3 is 0 Å². The van der Waals surface area contributed by atoms with E-state index in [1.165, 1.54) is 5.69 Å². The summed E-state index contributed by atoms with van der Waals surface area (Å²) in [5, 5.41) is 12.3. The summed E-state index contributed by atoms with van der Waals surface area (Å²) in [5.74, 6) is 1.75. The van der Waals surface area contributed by atoms with Gasteiger partial charge in [-0.2, -0.15) is 4.68 Å². The van der Waals surface area contributed by atoms with Gasteiger partial charge in [-0.1, -0.05) is 24.3 Å². The number of fused-ring (bicyclic) bond motifs is 4. The first-order valence-corrected chi connectivity index (χ1v) is 9.03. The van der Waals surface area contributed by atoms with Crippen LogP contribution in [0.25, 0.3) is 5.69 Å². The van der Waals surface area contributed by atoms with Gasteiger partial charge in [0, 0.05) is 37.3 Å². The van der Waals surface area contributed by atoms with E-state index in [1.54, 1.807) is 6.07 Å². The normalized spacial score (nSPS) is 22.2.